The van der Waals surface area contributed by atoms with E-state index in [0.29, 0.717) is 23.9 Å². The lowest BCUT2D eigenvalue weighted by molar-refractivity contribution is -0.120. The number of hydrogen-bond acceptors (Lipinski definition) is 4. The van der Waals surface area contributed by atoms with Gasteiger partial charge in [-0.1, -0.05) is 54.2 Å². The van der Waals surface area contributed by atoms with E-state index < -0.39 is 0 Å². The van der Waals surface area contributed by atoms with Crippen molar-refractivity contribution in [1.82, 2.24) is 20.5 Å². The summed E-state index contributed by atoms with van der Waals surface area (Å²) in [5.41, 5.74) is 1.93. The van der Waals surface area contributed by atoms with Crippen LogP contribution in [0, 0.1) is 5.82 Å². The number of nitrogens with one attached hydrogen (secondary N) is 2. The zero-order chi connectivity index (χ0) is 18.4. The first-order chi connectivity index (χ1) is 12.6. The molecule has 3 aromatic rings. The fourth-order valence-electron chi connectivity index (χ4n) is 2.36. The van der Waals surface area contributed by atoms with E-state index in [9.17, 15) is 9.18 Å². The van der Waals surface area contributed by atoms with Crippen LogP contribution in [0.2, 0.25) is 0 Å². The normalized spacial score (nSPS) is 11.9. The summed E-state index contributed by atoms with van der Waals surface area (Å²) >= 11 is 1.30. The molecule has 7 heteroatoms. The number of halogens is 1. The summed E-state index contributed by atoms with van der Waals surface area (Å²) in [6.45, 7) is 2.31. The van der Waals surface area contributed by atoms with Crippen molar-refractivity contribution >= 4 is 17.7 Å². The van der Waals surface area contributed by atoms with Gasteiger partial charge >= 0.3 is 0 Å². The highest BCUT2D eigenvalue weighted by Crippen LogP contribution is 2.22. The molecule has 1 heterocycles. The third kappa shape index (κ3) is 4.92. The molecule has 26 heavy (non-hydrogen) atoms. The second-order valence-corrected chi connectivity index (χ2v) is 7.07. The molecule has 134 valence electrons. The summed E-state index contributed by atoms with van der Waals surface area (Å²) in [5, 5.41) is 10.2. The van der Waals surface area contributed by atoms with E-state index in [-0.39, 0.29) is 17.0 Å². The lowest BCUT2D eigenvalue weighted by Crippen LogP contribution is -2.32. The Kier molecular flexibility index (Phi) is 6.01. The minimum atomic E-state index is -0.317. The molecule has 2 N–H and O–H groups in total. The quantitative estimate of drug-likeness (QED) is 0.625. The lowest BCUT2D eigenvalue weighted by Gasteiger charge is -2.10. The standard InChI is InChI=1S/C19H19FN4OS/c1-13(18(25)21-12-11-14-7-9-16(20)10-8-14)26-19-22-17(23-24-19)15-5-3-2-4-6-15/h2-10,13H,11-12H2,1H3,(H,21,25)(H,22,23,24)/t13-/m1/s1. The van der Waals surface area contributed by atoms with Crippen LogP contribution in [-0.2, 0) is 11.2 Å². The van der Waals surface area contributed by atoms with Gasteiger partial charge in [-0.25, -0.2) is 9.37 Å². The van der Waals surface area contributed by atoms with Crippen LogP contribution in [0.15, 0.2) is 59.8 Å². The lowest BCUT2D eigenvalue weighted by atomic mass is 10.1. The fraction of sp³-hybridized carbons (Fsp3) is 0.211. The predicted octanol–water partition coefficient (Wildman–Crippen LogP) is 3.45. The Morgan fingerprint density at radius 1 is 1.19 bits per heavy atom. The van der Waals surface area contributed by atoms with E-state index in [1.54, 1.807) is 12.1 Å². The number of aromatic nitrogens is 3. The highest BCUT2D eigenvalue weighted by Gasteiger charge is 2.17. The Balaban J connectivity index is 1.48. The van der Waals surface area contributed by atoms with Crippen LogP contribution < -0.4 is 5.32 Å². The Morgan fingerprint density at radius 3 is 2.65 bits per heavy atom. The van der Waals surface area contributed by atoms with Crippen molar-refractivity contribution in [3.05, 3.63) is 66.0 Å². The van der Waals surface area contributed by atoms with Gasteiger partial charge in [0, 0.05) is 12.1 Å². The number of benzene rings is 2. The van der Waals surface area contributed by atoms with Crippen LogP contribution >= 0.6 is 11.8 Å². The predicted molar refractivity (Wildman–Crippen MR) is 100 cm³/mol. The summed E-state index contributed by atoms with van der Waals surface area (Å²) in [7, 11) is 0. The van der Waals surface area contributed by atoms with Gasteiger partial charge in [0.2, 0.25) is 11.1 Å². The van der Waals surface area contributed by atoms with E-state index in [0.717, 1.165) is 11.1 Å². The van der Waals surface area contributed by atoms with Gasteiger partial charge in [0.25, 0.3) is 0 Å². The minimum Gasteiger partial charge on any atom is -0.355 e. The molecule has 0 aliphatic rings. The summed E-state index contributed by atoms with van der Waals surface area (Å²) in [6, 6.07) is 16.0. The van der Waals surface area contributed by atoms with Crippen molar-refractivity contribution in [3.63, 3.8) is 0 Å². The largest absolute Gasteiger partial charge is 0.355 e. The van der Waals surface area contributed by atoms with Crippen LogP contribution in [0.25, 0.3) is 11.4 Å². The van der Waals surface area contributed by atoms with Gasteiger partial charge in [0.1, 0.15) is 5.82 Å². The third-order valence-electron chi connectivity index (χ3n) is 3.79. The molecule has 3 rings (SSSR count). The summed E-state index contributed by atoms with van der Waals surface area (Å²) in [4.78, 5) is 16.6. The second kappa shape index (κ2) is 8.62. The number of nitrogens with zero attached hydrogens (tertiary/aromatic N) is 2. The number of aromatic amines is 1. The third-order valence-corrected chi connectivity index (χ3v) is 4.75. The van der Waals surface area contributed by atoms with E-state index in [2.05, 4.69) is 20.5 Å². The maximum atomic E-state index is 12.9. The van der Waals surface area contributed by atoms with Crippen molar-refractivity contribution in [1.29, 1.82) is 0 Å². The molecule has 1 atom stereocenters. The zero-order valence-electron chi connectivity index (χ0n) is 14.3. The van der Waals surface area contributed by atoms with Crippen molar-refractivity contribution in [2.24, 2.45) is 0 Å². The highest BCUT2D eigenvalue weighted by molar-refractivity contribution is 8.00. The van der Waals surface area contributed by atoms with Crippen molar-refractivity contribution in [3.8, 4) is 11.4 Å². The zero-order valence-corrected chi connectivity index (χ0v) is 15.1. The molecular formula is C19H19FN4OS. The van der Waals surface area contributed by atoms with Crippen LogP contribution in [0.4, 0.5) is 4.39 Å². The van der Waals surface area contributed by atoms with Crippen LogP contribution in [0.3, 0.4) is 0 Å². The molecule has 2 aromatic carbocycles. The van der Waals surface area contributed by atoms with Crippen molar-refractivity contribution < 1.29 is 9.18 Å². The molecule has 1 aromatic heterocycles. The van der Waals surface area contributed by atoms with E-state index in [1.165, 1.54) is 23.9 Å². The van der Waals surface area contributed by atoms with Gasteiger partial charge in [-0.15, -0.1) is 5.10 Å². The molecule has 0 fully saturated rings. The Bertz CT molecular complexity index is 851. The number of hydrogen-bond donors (Lipinski definition) is 2. The first-order valence-corrected chi connectivity index (χ1v) is 9.16. The number of thioether (sulfide) groups is 1. The first-order valence-electron chi connectivity index (χ1n) is 8.28. The topological polar surface area (TPSA) is 70.7 Å². The average Bonchev–Trinajstić information content (AvgIpc) is 3.12. The van der Waals surface area contributed by atoms with Crippen LogP contribution in [0.1, 0.15) is 12.5 Å². The smallest absolute Gasteiger partial charge is 0.233 e. The number of amides is 1. The number of H-pyrrole nitrogens is 1. The Hall–Kier alpha value is -2.67. The Labute approximate surface area is 155 Å². The van der Waals surface area contributed by atoms with Crippen molar-refractivity contribution in [2.75, 3.05) is 6.54 Å². The molecule has 0 aliphatic carbocycles. The summed E-state index contributed by atoms with van der Waals surface area (Å²) < 4.78 is 12.9. The summed E-state index contributed by atoms with van der Waals surface area (Å²) in [5.74, 6) is 0.337. The number of rotatable bonds is 7. The molecule has 5 nitrogen and oxygen atoms in total. The monoisotopic (exact) mass is 370 g/mol. The Morgan fingerprint density at radius 2 is 1.92 bits per heavy atom. The minimum absolute atomic E-state index is 0.0804. The van der Waals surface area contributed by atoms with Gasteiger partial charge in [-0.2, -0.15) is 0 Å². The van der Waals surface area contributed by atoms with Gasteiger partial charge < -0.3 is 5.32 Å². The van der Waals surface area contributed by atoms with Gasteiger partial charge in [0.15, 0.2) is 5.82 Å². The molecule has 0 aliphatic heterocycles. The molecule has 0 spiro atoms. The molecular weight excluding hydrogens is 351 g/mol. The van der Waals surface area contributed by atoms with Crippen molar-refractivity contribution in [2.45, 2.75) is 23.8 Å². The second-order valence-electron chi connectivity index (χ2n) is 5.76. The van der Waals surface area contributed by atoms with E-state index >= 15 is 0 Å². The molecule has 0 saturated carbocycles. The SMILES string of the molecule is C[C@@H](Sc1n[nH]c(-c2ccccc2)n1)C(=O)NCCc1ccc(F)cc1. The van der Waals surface area contributed by atoms with Gasteiger partial charge in [-0.05, 0) is 31.0 Å². The molecule has 1 amide bonds. The summed E-state index contributed by atoms with van der Waals surface area (Å²) in [6.07, 6.45) is 0.655. The molecule has 0 unspecified atom stereocenters. The number of carbonyl (C=O) groups excluding carboxylic acids is 1. The molecule has 0 radical (unpaired) electrons. The first kappa shape index (κ1) is 18.1. The molecule has 0 saturated heterocycles. The highest BCUT2D eigenvalue weighted by atomic mass is 32.2. The van der Waals surface area contributed by atoms with Gasteiger partial charge in [-0.3, -0.25) is 9.89 Å². The average molecular weight is 370 g/mol. The van der Waals surface area contributed by atoms with Crippen LogP contribution in [-0.4, -0.2) is 32.9 Å². The van der Waals surface area contributed by atoms with E-state index in [1.807, 2.05) is 37.3 Å². The number of carbonyl (C=O) groups is 1. The molecule has 0 bridgehead atoms. The van der Waals surface area contributed by atoms with E-state index in [4.69, 9.17) is 0 Å². The van der Waals surface area contributed by atoms with Gasteiger partial charge in [0.05, 0.1) is 5.25 Å². The maximum Gasteiger partial charge on any atom is 0.233 e. The van der Waals surface area contributed by atoms with Crippen LogP contribution in [0.5, 0.6) is 0 Å². The fourth-order valence-corrected chi connectivity index (χ4v) is 3.11. The maximum absolute atomic E-state index is 12.9.